The standard InChI is InChI=1S/C12H14O2/c1-10-5-3-6-12(11(10)2)7-4-8-14-9-13/h3-7,9H,8H2,1-2H3. The zero-order valence-corrected chi connectivity index (χ0v) is 8.49. The molecule has 0 saturated carbocycles. The molecule has 0 bridgehead atoms. The quantitative estimate of drug-likeness (QED) is 0.538. The van der Waals surface area contributed by atoms with Gasteiger partial charge in [0.1, 0.15) is 6.61 Å². The van der Waals surface area contributed by atoms with Crippen LogP contribution in [0.3, 0.4) is 0 Å². The monoisotopic (exact) mass is 190 g/mol. The van der Waals surface area contributed by atoms with Crippen LogP contribution in [0.4, 0.5) is 0 Å². The van der Waals surface area contributed by atoms with Crippen molar-refractivity contribution in [3.05, 3.63) is 41.0 Å². The first-order valence-corrected chi connectivity index (χ1v) is 4.53. The molecule has 0 aliphatic rings. The van der Waals surface area contributed by atoms with Gasteiger partial charge in [-0.25, -0.2) is 0 Å². The Kier molecular flexibility index (Phi) is 3.92. The van der Waals surface area contributed by atoms with Crippen LogP contribution in [-0.4, -0.2) is 13.1 Å². The number of benzene rings is 1. The van der Waals surface area contributed by atoms with Gasteiger partial charge in [0, 0.05) is 0 Å². The highest BCUT2D eigenvalue weighted by Crippen LogP contribution is 2.13. The van der Waals surface area contributed by atoms with Gasteiger partial charge < -0.3 is 4.74 Å². The summed E-state index contributed by atoms with van der Waals surface area (Å²) in [6.45, 7) is 4.94. The second kappa shape index (κ2) is 5.22. The van der Waals surface area contributed by atoms with E-state index in [9.17, 15) is 4.79 Å². The van der Waals surface area contributed by atoms with Crippen molar-refractivity contribution in [3.8, 4) is 0 Å². The first kappa shape index (κ1) is 10.5. The Labute approximate surface area is 84.2 Å². The van der Waals surface area contributed by atoms with Gasteiger partial charge in [-0.3, -0.25) is 4.79 Å². The maximum Gasteiger partial charge on any atom is 0.293 e. The van der Waals surface area contributed by atoms with Crippen LogP contribution in [0.2, 0.25) is 0 Å². The first-order valence-electron chi connectivity index (χ1n) is 4.53. The molecular weight excluding hydrogens is 176 g/mol. The molecule has 0 N–H and O–H groups in total. The number of hydrogen-bond acceptors (Lipinski definition) is 2. The van der Waals surface area contributed by atoms with E-state index in [0.717, 1.165) is 0 Å². The fourth-order valence-corrected chi connectivity index (χ4v) is 1.22. The molecule has 74 valence electrons. The second-order valence-electron chi connectivity index (χ2n) is 3.12. The van der Waals surface area contributed by atoms with Gasteiger partial charge in [0.05, 0.1) is 0 Å². The van der Waals surface area contributed by atoms with Gasteiger partial charge in [-0.15, -0.1) is 0 Å². The molecule has 2 heteroatoms. The number of aryl methyl sites for hydroxylation is 1. The summed E-state index contributed by atoms with van der Waals surface area (Å²) in [6.07, 6.45) is 3.79. The van der Waals surface area contributed by atoms with Crippen LogP contribution in [0.15, 0.2) is 24.3 Å². The Morgan fingerprint density at radius 1 is 1.36 bits per heavy atom. The van der Waals surface area contributed by atoms with Crippen molar-refractivity contribution >= 4 is 12.5 Å². The Balaban J connectivity index is 2.71. The van der Waals surface area contributed by atoms with Crippen LogP contribution < -0.4 is 0 Å². The van der Waals surface area contributed by atoms with Gasteiger partial charge in [0.15, 0.2) is 0 Å². The molecule has 1 aromatic carbocycles. The van der Waals surface area contributed by atoms with Gasteiger partial charge in [0.25, 0.3) is 6.47 Å². The van der Waals surface area contributed by atoms with Gasteiger partial charge in [-0.2, -0.15) is 0 Å². The molecule has 0 spiro atoms. The van der Waals surface area contributed by atoms with Crippen molar-refractivity contribution < 1.29 is 9.53 Å². The highest BCUT2D eigenvalue weighted by Gasteiger charge is 1.95. The third-order valence-electron chi connectivity index (χ3n) is 2.20. The molecular formula is C12H14O2. The lowest BCUT2D eigenvalue weighted by Crippen LogP contribution is -1.87. The maximum atomic E-state index is 9.88. The average molecular weight is 190 g/mol. The van der Waals surface area contributed by atoms with E-state index >= 15 is 0 Å². The minimum atomic E-state index is 0.330. The van der Waals surface area contributed by atoms with Crippen molar-refractivity contribution in [3.63, 3.8) is 0 Å². The molecule has 0 unspecified atom stereocenters. The van der Waals surface area contributed by atoms with Crippen molar-refractivity contribution in [2.45, 2.75) is 13.8 Å². The Hall–Kier alpha value is -1.57. The molecule has 0 amide bonds. The van der Waals surface area contributed by atoms with E-state index in [1.54, 1.807) is 0 Å². The van der Waals surface area contributed by atoms with E-state index in [1.807, 2.05) is 24.3 Å². The summed E-state index contributed by atoms with van der Waals surface area (Å²) in [4.78, 5) is 9.88. The minimum Gasteiger partial charge on any atom is -0.464 e. The smallest absolute Gasteiger partial charge is 0.293 e. The normalized spacial score (nSPS) is 10.4. The van der Waals surface area contributed by atoms with E-state index in [2.05, 4.69) is 24.7 Å². The Morgan fingerprint density at radius 3 is 2.86 bits per heavy atom. The predicted octanol–water partition coefficient (Wildman–Crippen LogP) is 2.49. The van der Waals surface area contributed by atoms with Gasteiger partial charge >= 0.3 is 0 Å². The predicted molar refractivity (Wildman–Crippen MR) is 57.0 cm³/mol. The van der Waals surface area contributed by atoms with Crippen LogP contribution in [0.5, 0.6) is 0 Å². The zero-order chi connectivity index (χ0) is 10.4. The molecule has 1 rings (SSSR count). The summed E-state index contributed by atoms with van der Waals surface area (Å²) in [5, 5.41) is 0. The number of hydrogen-bond donors (Lipinski definition) is 0. The van der Waals surface area contributed by atoms with E-state index < -0.39 is 0 Å². The van der Waals surface area contributed by atoms with Crippen LogP contribution >= 0.6 is 0 Å². The maximum absolute atomic E-state index is 9.88. The lowest BCUT2D eigenvalue weighted by molar-refractivity contribution is -0.127. The van der Waals surface area contributed by atoms with Crippen LogP contribution in [0.1, 0.15) is 16.7 Å². The van der Waals surface area contributed by atoms with Crippen LogP contribution in [0, 0.1) is 13.8 Å². The third-order valence-corrected chi connectivity index (χ3v) is 2.20. The van der Waals surface area contributed by atoms with Crippen molar-refractivity contribution in [2.24, 2.45) is 0 Å². The van der Waals surface area contributed by atoms with Crippen molar-refractivity contribution in [1.29, 1.82) is 0 Å². The van der Waals surface area contributed by atoms with E-state index in [4.69, 9.17) is 0 Å². The number of ether oxygens (including phenoxy) is 1. The molecule has 0 atom stereocenters. The zero-order valence-electron chi connectivity index (χ0n) is 8.49. The van der Waals surface area contributed by atoms with Gasteiger partial charge in [-0.1, -0.05) is 24.3 Å². The molecule has 0 fully saturated rings. The summed E-state index contributed by atoms with van der Waals surface area (Å²) in [5.74, 6) is 0. The highest BCUT2D eigenvalue weighted by atomic mass is 16.5. The molecule has 0 aliphatic carbocycles. The highest BCUT2D eigenvalue weighted by molar-refractivity contribution is 5.55. The summed E-state index contributed by atoms with van der Waals surface area (Å²) in [7, 11) is 0. The van der Waals surface area contributed by atoms with Crippen molar-refractivity contribution in [1.82, 2.24) is 0 Å². The SMILES string of the molecule is Cc1cccc(C=CCOC=O)c1C. The lowest BCUT2D eigenvalue weighted by atomic mass is 10.0. The van der Waals surface area contributed by atoms with Gasteiger partial charge in [0.2, 0.25) is 0 Å². The van der Waals surface area contributed by atoms with E-state index in [0.29, 0.717) is 13.1 Å². The van der Waals surface area contributed by atoms with E-state index in [1.165, 1.54) is 16.7 Å². The molecule has 14 heavy (non-hydrogen) atoms. The van der Waals surface area contributed by atoms with E-state index in [-0.39, 0.29) is 0 Å². The molecule has 2 nitrogen and oxygen atoms in total. The fourth-order valence-electron chi connectivity index (χ4n) is 1.22. The topological polar surface area (TPSA) is 26.3 Å². The fraction of sp³-hybridized carbons (Fsp3) is 0.250. The summed E-state index contributed by atoms with van der Waals surface area (Å²) < 4.78 is 4.56. The molecule has 0 aromatic heterocycles. The number of carbonyl (C=O) groups is 1. The van der Waals surface area contributed by atoms with Crippen LogP contribution in [-0.2, 0) is 9.53 Å². The summed E-state index contributed by atoms with van der Waals surface area (Å²) in [5.41, 5.74) is 3.69. The average Bonchev–Trinajstić information content (AvgIpc) is 2.19. The Morgan fingerprint density at radius 2 is 2.14 bits per heavy atom. The largest absolute Gasteiger partial charge is 0.464 e. The lowest BCUT2D eigenvalue weighted by Gasteiger charge is -2.03. The van der Waals surface area contributed by atoms with Crippen molar-refractivity contribution in [2.75, 3.05) is 6.61 Å². The molecule has 1 aromatic rings. The minimum absolute atomic E-state index is 0.330. The molecule has 0 saturated heterocycles. The Bertz CT molecular complexity index is 340. The summed E-state index contributed by atoms with van der Waals surface area (Å²) in [6, 6.07) is 6.14. The van der Waals surface area contributed by atoms with Crippen LogP contribution in [0.25, 0.3) is 6.08 Å². The number of carbonyl (C=O) groups excluding carboxylic acids is 1. The number of rotatable bonds is 4. The second-order valence-corrected chi connectivity index (χ2v) is 3.12. The first-order chi connectivity index (χ1) is 6.75. The van der Waals surface area contributed by atoms with Gasteiger partial charge in [-0.05, 0) is 36.6 Å². The molecule has 0 radical (unpaired) electrons. The molecule has 0 aliphatic heterocycles. The summed E-state index contributed by atoms with van der Waals surface area (Å²) >= 11 is 0. The third kappa shape index (κ3) is 2.73. The molecule has 0 heterocycles.